The van der Waals surface area contributed by atoms with Gasteiger partial charge in [0, 0.05) is 10.8 Å². The second kappa shape index (κ2) is 5.17. The highest BCUT2D eigenvalue weighted by atomic mass is 35.5. The zero-order chi connectivity index (χ0) is 10.6. The highest BCUT2D eigenvalue weighted by Gasteiger charge is 2.08. The fraction of sp³-hybridized carbons (Fsp3) is 0.300. The number of alkyl halides is 1. The first kappa shape index (κ1) is 11.3. The van der Waals surface area contributed by atoms with Crippen molar-refractivity contribution in [2.24, 2.45) is 0 Å². The van der Waals surface area contributed by atoms with Gasteiger partial charge in [0.15, 0.2) is 0 Å². The third-order valence-corrected chi connectivity index (χ3v) is 3.12. The fourth-order valence-electron chi connectivity index (χ4n) is 1.02. The number of thiophene rings is 1. The molecule has 14 heavy (non-hydrogen) atoms. The summed E-state index contributed by atoms with van der Waals surface area (Å²) < 4.78 is 0. The molecule has 1 heterocycles. The third kappa shape index (κ3) is 2.86. The van der Waals surface area contributed by atoms with E-state index in [0.717, 1.165) is 16.9 Å². The van der Waals surface area contributed by atoms with E-state index in [2.05, 4.69) is 0 Å². The van der Waals surface area contributed by atoms with E-state index in [0.29, 0.717) is 10.8 Å². The molecule has 1 aromatic rings. The molecule has 0 aliphatic rings. The predicted molar refractivity (Wildman–Crippen MR) is 60.4 cm³/mol. The van der Waals surface area contributed by atoms with Crippen molar-refractivity contribution in [3.63, 3.8) is 0 Å². The van der Waals surface area contributed by atoms with E-state index in [1.54, 1.807) is 6.07 Å². The summed E-state index contributed by atoms with van der Waals surface area (Å²) in [6, 6.07) is 1.69. The molecule has 0 aliphatic carbocycles. The first-order valence-electron chi connectivity index (χ1n) is 4.21. The van der Waals surface area contributed by atoms with Crippen LogP contribution in [0.4, 0.5) is 0 Å². The average molecular weight is 231 g/mol. The van der Waals surface area contributed by atoms with Gasteiger partial charge in [0.1, 0.15) is 4.88 Å². The number of halogens is 1. The van der Waals surface area contributed by atoms with Crippen molar-refractivity contribution in [3.8, 4) is 0 Å². The monoisotopic (exact) mass is 230 g/mol. The van der Waals surface area contributed by atoms with Gasteiger partial charge in [0.05, 0.1) is 0 Å². The van der Waals surface area contributed by atoms with E-state index < -0.39 is 5.97 Å². The molecule has 0 radical (unpaired) electrons. The van der Waals surface area contributed by atoms with E-state index in [1.807, 2.05) is 19.1 Å². The maximum atomic E-state index is 10.7. The molecule has 2 nitrogen and oxygen atoms in total. The molecule has 0 aromatic carbocycles. The molecule has 0 aliphatic heterocycles. The Labute approximate surface area is 91.8 Å². The van der Waals surface area contributed by atoms with E-state index in [1.165, 1.54) is 11.3 Å². The zero-order valence-corrected chi connectivity index (χ0v) is 9.36. The summed E-state index contributed by atoms with van der Waals surface area (Å²) in [7, 11) is 0. The van der Waals surface area contributed by atoms with Gasteiger partial charge in [-0.25, -0.2) is 4.79 Å². The number of carboxylic acids is 1. The second-order valence-electron chi connectivity index (χ2n) is 2.84. The van der Waals surface area contributed by atoms with E-state index in [9.17, 15) is 4.79 Å². The van der Waals surface area contributed by atoms with Crippen LogP contribution >= 0.6 is 22.9 Å². The molecule has 4 heteroatoms. The quantitative estimate of drug-likeness (QED) is 0.805. The van der Waals surface area contributed by atoms with Gasteiger partial charge >= 0.3 is 5.97 Å². The Bertz CT molecular complexity index is 355. The molecule has 0 saturated heterocycles. The summed E-state index contributed by atoms with van der Waals surface area (Å²) >= 11 is 6.81. The molecular formula is C10H11ClO2S. The van der Waals surface area contributed by atoms with Crippen molar-refractivity contribution in [2.45, 2.75) is 13.3 Å². The van der Waals surface area contributed by atoms with Crippen molar-refractivity contribution < 1.29 is 9.90 Å². The first-order valence-corrected chi connectivity index (χ1v) is 5.56. The lowest BCUT2D eigenvalue weighted by molar-refractivity contribution is 0.0702. The van der Waals surface area contributed by atoms with Crippen molar-refractivity contribution in [3.05, 3.63) is 27.5 Å². The number of aryl methyl sites for hydroxylation is 1. The molecule has 0 fully saturated rings. The average Bonchev–Trinajstić information content (AvgIpc) is 2.49. The summed E-state index contributed by atoms with van der Waals surface area (Å²) in [5.41, 5.74) is 0.998. The molecule has 0 saturated carbocycles. The van der Waals surface area contributed by atoms with E-state index in [-0.39, 0.29) is 0 Å². The van der Waals surface area contributed by atoms with Gasteiger partial charge in [-0.05, 0) is 31.1 Å². The number of carbonyl (C=O) groups is 1. The smallest absolute Gasteiger partial charge is 0.345 e. The van der Waals surface area contributed by atoms with Crippen LogP contribution in [0.3, 0.4) is 0 Å². The van der Waals surface area contributed by atoms with E-state index >= 15 is 0 Å². The number of aromatic carboxylic acids is 1. The molecule has 0 bridgehead atoms. The van der Waals surface area contributed by atoms with Gasteiger partial charge in [0.25, 0.3) is 0 Å². The fourth-order valence-corrected chi connectivity index (χ4v) is 2.09. The Kier molecular flexibility index (Phi) is 4.17. The maximum absolute atomic E-state index is 10.7. The second-order valence-corrected chi connectivity index (χ2v) is 4.30. The summed E-state index contributed by atoms with van der Waals surface area (Å²) in [5.74, 6) is -0.276. The van der Waals surface area contributed by atoms with Crippen LogP contribution in [0, 0.1) is 6.92 Å². The Morgan fingerprint density at radius 1 is 1.71 bits per heavy atom. The molecule has 76 valence electrons. The number of hydrogen-bond acceptors (Lipinski definition) is 2. The Morgan fingerprint density at radius 2 is 2.43 bits per heavy atom. The van der Waals surface area contributed by atoms with Crippen LogP contribution in [0.5, 0.6) is 0 Å². The molecule has 1 rings (SSSR count). The molecule has 0 atom stereocenters. The number of carboxylic acid groups (broad SMARTS) is 1. The Balaban J connectivity index is 2.82. The minimum atomic E-state index is -0.866. The van der Waals surface area contributed by atoms with Crippen LogP contribution in [0.15, 0.2) is 12.1 Å². The molecule has 1 aromatic heterocycles. The lowest BCUT2D eigenvalue weighted by atomic mass is 10.2. The minimum Gasteiger partial charge on any atom is -0.477 e. The molecule has 0 amide bonds. The van der Waals surface area contributed by atoms with Gasteiger partial charge in [-0.1, -0.05) is 6.08 Å². The molecular weight excluding hydrogens is 220 g/mol. The van der Waals surface area contributed by atoms with Crippen LogP contribution < -0.4 is 0 Å². The normalized spacial score (nSPS) is 11.0. The van der Waals surface area contributed by atoms with Crippen LogP contribution in [0.1, 0.15) is 26.5 Å². The maximum Gasteiger partial charge on any atom is 0.345 e. The summed E-state index contributed by atoms with van der Waals surface area (Å²) in [6.45, 7) is 1.91. The predicted octanol–water partition coefficient (Wildman–Crippen LogP) is 3.40. The van der Waals surface area contributed by atoms with Crippen molar-refractivity contribution in [1.29, 1.82) is 0 Å². The minimum absolute atomic E-state index is 0.382. The van der Waals surface area contributed by atoms with Gasteiger partial charge in [-0.15, -0.1) is 22.9 Å². The number of allylic oxidation sites excluding steroid dienone is 1. The van der Waals surface area contributed by atoms with Gasteiger partial charge < -0.3 is 5.11 Å². The van der Waals surface area contributed by atoms with Crippen LogP contribution in [-0.4, -0.2) is 17.0 Å². The van der Waals surface area contributed by atoms with Gasteiger partial charge in [-0.3, -0.25) is 0 Å². The Hall–Kier alpha value is -0.800. The first-order chi connectivity index (χ1) is 6.65. The topological polar surface area (TPSA) is 37.3 Å². The lowest BCUT2D eigenvalue weighted by Crippen LogP contribution is -1.89. The highest BCUT2D eigenvalue weighted by molar-refractivity contribution is 7.15. The number of hydrogen-bond donors (Lipinski definition) is 1. The van der Waals surface area contributed by atoms with Crippen molar-refractivity contribution in [2.75, 3.05) is 5.88 Å². The van der Waals surface area contributed by atoms with Crippen LogP contribution in [-0.2, 0) is 0 Å². The van der Waals surface area contributed by atoms with Gasteiger partial charge in [0.2, 0.25) is 0 Å². The summed E-state index contributed by atoms with van der Waals surface area (Å²) in [4.78, 5) is 12.0. The lowest BCUT2D eigenvalue weighted by Gasteiger charge is -1.87. The number of rotatable bonds is 4. The van der Waals surface area contributed by atoms with Gasteiger partial charge in [-0.2, -0.15) is 0 Å². The molecule has 0 spiro atoms. The van der Waals surface area contributed by atoms with Crippen LogP contribution in [0.25, 0.3) is 6.08 Å². The summed E-state index contributed by atoms with van der Waals surface area (Å²) in [5, 5.41) is 8.76. The van der Waals surface area contributed by atoms with Crippen LogP contribution in [0.2, 0.25) is 0 Å². The summed E-state index contributed by atoms with van der Waals surface area (Å²) in [6.07, 6.45) is 4.69. The molecule has 1 N–H and O–H groups in total. The Morgan fingerprint density at radius 3 is 2.93 bits per heavy atom. The molecule has 0 unspecified atom stereocenters. The highest BCUT2D eigenvalue weighted by Crippen LogP contribution is 2.23. The van der Waals surface area contributed by atoms with Crippen molar-refractivity contribution >= 4 is 35.0 Å². The standard InChI is InChI=1S/C10H11ClO2S/c1-7-6-9(10(12)13)14-8(7)4-2-3-5-11/h2,4,6H,3,5H2,1H3,(H,12,13). The van der Waals surface area contributed by atoms with E-state index in [4.69, 9.17) is 16.7 Å². The third-order valence-electron chi connectivity index (χ3n) is 1.71. The SMILES string of the molecule is Cc1cc(C(=O)O)sc1C=CCCCl. The zero-order valence-electron chi connectivity index (χ0n) is 7.79. The largest absolute Gasteiger partial charge is 0.477 e. The van der Waals surface area contributed by atoms with Crippen molar-refractivity contribution in [1.82, 2.24) is 0 Å².